The second-order valence-corrected chi connectivity index (χ2v) is 6.93. The van der Waals surface area contributed by atoms with Crippen molar-refractivity contribution in [2.45, 2.75) is 17.1 Å². The fourth-order valence-corrected chi connectivity index (χ4v) is 3.51. The van der Waals surface area contributed by atoms with E-state index in [9.17, 15) is 13.6 Å². The summed E-state index contributed by atoms with van der Waals surface area (Å²) < 4.78 is 28.3. The lowest BCUT2D eigenvalue weighted by molar-refractivity contribution is 0.577. The smallest absolute Gasteiger partial charge is 0.274 e. The molecule has 27 heavy (non-hydrogen) atoms. The van der Waals surface area contributed by atoms with Gasteiger partial charge in [0.15, 0.2) is 0 Å². The second kappa shape index (κ2) is 7.32. The van der Waals surface area contributed by atoms with Crippen LogP contribution in [-0.2, 0) is 12.2 Å². The number of aromatic nitrogens is 4. The first-order valence-electron chi connectivity index (χ1n) is 8.18. The number of benzene rings is 2. The molecule has 0 bridgehead atoms. The molecular weight excluding hydrogens is 370 g/mol. The summed E-state index contributed by atoms with van der Waals surface area (Å²) in [4.78, 5) is 21.2. The Morgan fingerprint density at radius 3 is 2.67 bits per heavy atom. The minimum Gasteiger partial charge on any atom is -0.275 e. The molecule has 0 aliphatic carbocycles. The van der Waals surface area contributed by atoms with E-state index in [2.05, 4.69) is 15.1 Å². The van der Waals surface area contributed by atoms with Crippen LogP contribution in [0.1, 0.15) is 17.1 Å². The molecule has 4 aromatic rings. The lowest BCUT2D eigenvalue weighted by Crippen LogP contribution is -2.15. The fourth-order valence-electron chi connectivity index (χ4n) is 2.65. The summed E-state index contributed by atoms with van der Waals surface area (Å²) in [5.74, 6) is 0.0763. The number of thioether (sulfide) groups is 1. The Hall–Kier alpha value is -3.00. The predicted octanol–water partition coefficient (Wildman–Crippen LogP) is 3.58. The van der Waals surface area contributed by atoms with E-state index in [4.69, 9.17) is 0 Å². The number of nitrogens with zero attached hydrogens (tertiary/aromatic N) is 3. The van der Waals surface area contributed by atoms with Gasteiger partial charge in [-0.15, -0.1) is 11.8 Å². The Morgan fingerprint density at radius 1 is 1.04 bits per heavy atom. The second-order valence-electron chi connectivity index (χ2n) is 5.92. The number of fused-ring (bicyclic) bond motifs is 1. The number of halogens is 2. The molecule has 8 heteroatoms. The van der Waals surface area contributed by atoms with Crippen LogP contribution in [0.5, 0.6) is 0 Å². The molecule has 2 heterocycles. The van der Waals surface area contributed by atoms with Crippen LogP contribution >= 0.6 is 11.8 Å². The third-order valence-electron chi connectivity index (χ3n) is 3.91. The molecule has 0 fully saturated rings. The largest absolute Gasteiger partial charge is 0.275 e. The minimum atomic E-state index is -0.514. The third kappa shape index (κ3) is 3.90. The zero-order valence-corrected chi connectivity index (χ0v) is 14.8. The number of rotatable bonds is 5. The van der Waals surface area contributed by atoms with Gasteiger partial charge in [0.25, 0.3) is 11.3 Å². The van der Waals surface area contributed by atoms with Crippen LogP contribution in [0, 0.1) is 11.6 Å². The molecule has 1 N–H and O–H groups in total. The van der Waals surface area contributed by atoms with Crippen molar-refractivity contribution < 1.29 is 8.78 Å². The summed E-state index contributed by atoms with van der Waals surface area (Å²) in [6.45, 7) is 0. The topological polar surface area (TPSA) is 63.0 Å². The van der Waals surface area contributed by atoms with E-state index in [1.54, 1.807) is 0 Å². The normalized spacial score (nSPS) is 11.2. The summed E-state index contributed by atoms with van der Waals surface area (Å²) in [5.41, 5.74) is 1.20. The summed E-state index contributed by atoms with van der Waals surface area (Å²) in [6.07, 6.45) is 0.544. The van der Waals surface area contributed by atoms with Gasteiger partial charge >= 0.3 is 0 Å². The van der Waals surface area contributed by atoms with Crippen LogP contribution in [-0.4, -0.2) is 19.6 Å². The van der Waals surface area contributed by atoms with E-state index in [-0.39, 0.29) is 22.0 Å². The van der Waals surface area contributed by atoms with Gasteiger partial charge in [0.2, 0.25) is 0 Å². The number of H-pyrrole nitrogens is 1. The minimum absolute atomic E-state index is 0.170. The molecule has 0 saturated heterocycles. The SMILES string of the molecule is O=c1cc(CSc2cc(F)ccc2F)nc2nc(Cc3ccccc3)[nH]n12. The molecule has 2 aromatic heterocycles. The molecule has 0 unspecified atom stereocenters. The van der Waals surface area contributed by atoms with Crippen LogP contribution in [0.25, 0.3) is 5.78 Å². The van der Waals surface area contributed by atoms with Gasteiger partial charge in [-0.25, -0.2) is 13.8 Å². The Labute approximate surface area is 157 Å². The van der Waals surface area contributed by atoms with Gasteiger partial charge in [-0.05, 0) is 23.8 Å². The third-order valence-corrected chi connectivity index (χ3v) is 4.98. The zero-order valence-electron chi connectivity index (χ0n) is 14.0. The molecule has 136 valence electrons. The van der Waals surface area contributed by atoms with Gasteiger partial charge < -0.3 is 0 Å². The Morgan fingerprint density at radius 2 is 1.85 bits per heavy atom. The van der Waals surface area contributed by atoms with Crippen molar-refractivity contribution in [3.8, 4) is 0 Å². The fraction of sp³-hybridized carbons (Fsp3) is 0.105. The van der Waals surface area contributed by atoms with Crippen molar-refractivity contribution in [1.82, 2.24) is 19.6 Å². The van der Waals surface area contributed by atoms with Gasteiger partial charge in [0.05, 0.1) is 5.69 Å². The van der Waals surface area contributed by atoms with E-state index in [1.165, 1.54) is 10.6 Å². The molecule has 0 aliphatic rings. The van der Waals surface area contributed by atoms with Crippen LogP contribution in [0.4, 0.5) is 8.78 Å². The average molecular weight is 384 g/mol. The van der Waals surface area contributed by atoms with Crippen molar-refractivity contribution >= 4 is 17.5 Å². The summed E-state index contributed by atoms with van der Waals surface area (Å²) in [7, 11) is 0. The number of hydrogen-bond donors (Lipinski definition) is 1. The molecule has 0 amide bonds. The summed E-state index contributed by atoms with van der Waals surface area (Å²) in [5, 5.41) is 2.94. The molecule has 0 atom stereocenters. The Balaban J connectivity index is 1.57. The standard InChI is InChI=1S/C19H14F2N4OS/c20-13-6-7-15(21)16(9-13)27-11-14-10-18(26)25-19(22-14)23-17(24-25)8-12-4-2-1-3-5-12/h1-7,9-10H,8,11H2,(H,22,23,24). The highest BCUT2D eigenvalue weighted by atomic mass is 32.2. The Bertz CT molecular complexity index is 1160. The number of aromatic amines is 1. The number of nitrogens with one attached hydrogen (secondary N) is 1. The van der Waals surface area contributed by atoms with Crippen molar-refractivity contribution in [2.24, 2.45) is 0 Å². The molecule has 5 nitrogen and oxygen atoms in total. The highest BCUT2D eigenvalue weighted by Gasteiger charge is 2.11. The zero-order chi connectivity index (χ0) is 18.8. The quantitative estimate of drug-likeness (QED) is 0.534. The Kier molecular flexibility index (Phi) is 4.72. The summed E-state index contributed by atoms with van der Waals surface area (Å²) in [6, 6.07) is 14.4. The van der Waals surface area contributed by atoms with Crippen molar-refractivity contribution in [3.05, 3.63) is 93.7 Å². The maximum atomic E-state index is 13.7. The van der Waals surface area contributed by atoms with E-state index >= 15 is 0 Å². The van der Waals surface area contributed by atoms with Gasteiger partial charge in [-0.3, -0.25) is 9.89 Å². The maximum Gasteiger partial charge on any atom is 0.274 e. The first kappa shape index (κ1) is 17.4. The van der Waals surface area contributed by atoms with Crippen molar-refractivity contribution in [1.29, 1.82) is 0 Å². The molecule has 2 aromatic carbocycles. The molecule has 4 rings (SSSR count). The van der Waals surface area contributed by atoms with Crippen molar-refractivity contribution in [3.63, 3.8) is 0 Å². The molecule has 0 aliphatic heterocycles. The van der Waals surface area contributed by atoms with Gasteiger partial charge in [0, 0.05) is 23.1 Å². The van der Waals surface area contributed by atoms with Gasteiger partial charge in [-0.1, -0.05) is 30.3 Å². The van der Waals surface area contributed by atoms with Gasteiger partial charge in [0.1, 0.15) is 17.5 Å². The highest BCUT2D eigenvalue weighted by molar-refractivity contribution is 7.98. The van der Waals surface area contributed by atoms with Crippen LogP contribution in [0.3, 0.4) is 0 Å². The lowest BCUT2D eigenvalue weighted by Gasteiger charge is -2.03. The highest BCUT2D eigenvalue weighted by Crippen LogP contribution is 2.25. The molecule has 0 radical (unpaired) electrons. The first-order valence-corrected chi connectivity index (χ1v) is 9.16. The van der Waals surface area contributed by atoms with Crippen LogP contribution in [0.2, 0.25) is 0 Å². The van der Waals surface area contributed by atoms with E-state index in [1.807, 2.05) is 30.3 Å². The van der Waals surface area contributed by atoms with E-state index < -0.39 is 11.6 Å². The van der Waals surface area contributed by atoms with E-state index in [0.29, 0.717) is 17.9 Å². The number of hydrogen-bond acceptors (Lipinski definition) is 4. The first-order chi connectivity index (χ1) is 13.1. The van der Waals surface area contributed by atoms with Gasteiger partial charge in [-0.2, -0.15) is 9.50 Å². The molecule has 0 spiro atoms. The average Bonchev–Trinajstić information content (AvgIpc) is 3.06. The maximum absolute atomic E-state index is 13.7. The van der Waals surface area contributed by atoms with Crippen LogP contribution < -0.4 is 5.56 Å². The molecular formula is C19H14F2N4OS. The lowest BCUT2D eigenvalue weighted by atomic mass is 10.1. The van der Waals surface area contributed by atoms with E-state index in [0.717, 1.165) is 35.5 Å². The van der Waals surface area contributed by atoms with Crippen molar-refractivity contribution in [2.75, 3.05) is 0 Å². The summed E-state index contributed by atoms with van der Waals surface area (Å²) >= 11 is 1.08. The molecule has 0 saturated carbocycles. The van der Waals surface area contributed by atoms with Crippen LogP contribution in [0.15, 0.2) is 64.3 Å². The predicted molar refractivity (Wildman–Crippen MR) is 98.8 cm³/mol. The monoisotopic (exact) mass is 384 g/mol.